The largest absolute Gasteiger partial charge is 0.416 e. The number of hydrogen-bond donors (Lipinski definition) is 0. The summed E-state index contributed by atoms with van der Waals surface area (Å²) in [6.07, 6.45) is -5.51. The number of halogens is 6. The molecule has 0 unspecified atom stereocenters. The summed E-state index contributed by atoms with van der Waals surface area (Å²) in [6.45, 7) is 0. The number of hydrogen-bond acceptors (Lipinski definition) is 8. The average Bonchev–Trinajstić information content (AvgIpc) is 3.75. The maximum absolute atomic E-state index is 12.9. The Labute approximate surface area is 248 Å². The lowest BCUT2D eigenvalue weighted by Crippen LogP contribution is -2.03. The lowest BCUT2D eigenvalue weighted by molar-refractivity contribution is -0.138. The number of fused-ring (bicyclic) bond motifs is 2. The van der Waals surface area contributed by atoms with Crippen LogP contribution < -0.4 is 0 Å². The second-order valence-electron chi connectivity index (χ2n) is 9.04. The Kier molecular flexibility index (Phi) is 6.42. The fraction of sp³-hybridized carbons (Fsp3) is 0.0714. The zero-order chi connectivity index (χ0) is 29.2. The molecule has 0 N–H and O–H groups in total. The van der Waals surface area contributed by atoms with Crippen molar-refractivity contribution in [2.24, 2.45) is 0 Å². The molecule has 7 rings (SSSR count). The van der Waals surface area contributed by atoms with Crippen molar-refractivity contribution in [3.05, 3.63) is 84.2 Å². The molecular weight excluding hydrogens is 635 g/mol. The van der Waals surface area contributed by atoms with Crippen LogP contribution in [0.4, 0.5) is 26.3 Å². The summed E-state index contributed by atoms with van der Waals surface area (Å²) in [4.78, 5) is 19.9. The lowest BCUT2D eigenvalue weighted by Gasteiger charge is -2.06. The SMILES string of the molecule is FC(F)(F)c1ccc(-c2cnc(-c3nc4cc5sc(-c6ncc(-c7ccc(C(F)(F)F)cc7)s6)nc5cc4s3)s2)cc1. The molecule has 7 aromatic rings. The van der Waals surface area contributed by atoms with Gasteiger partial charge in [-0.05, 0) is 47.5 Å². The van der Waals surface area contributed by atoms with Crippen molar-refractivity contribution >= 4 is 65.8 Å². The van der Waals surface area contributed by atoms with Gasteiger partial charge < -0.3 is 0 Å². The van der Waals surface area contributed by atoms with E-state index in [2.05, 4.69) is 9.97 Å². The molecule has 14 heteroatoms. The van der Waals surface area contributed by atoms with Crippen LogP contribution in [0.2, 0.25) is 0 Å². The summed E-state index contributed by atoms with van der Waals surface area (Å²) < 4.78 is 79.2. The zero-order valence-electron chi connectivity index (χ0n) is 20.6. The van der Waals surface area contributed by atoms with Gasteiger partial charge in [-0.25, -0.2) is 19.9 Å². The van der Waals surface area contributed by atoms with Crippen molar-refractivity contribution in [3.63, 3.8) is 0 Å². The molecule has 42 heavy (non-hydrogen) atoms. The fourth-order valence-corrected chi connectivity index (χ4v) is 8.05. The van der Waals surface area contributed by atoms with Gasteiger partial charge in [0.2, 0.25) is 0 Å². The second-order valence-corrected chi connectivity index (χ2v) is 13.2. The summed E-state index contributed by atoms with van der Waals surface area (Å²) >= 11 is 5.61. The molecule has 0 atom stereocenters. The number of alkyl halides is 6. The van der Waals surface area contributed by atoms with Gasteiger partial charge in [0.15, 0.2) is 20.0 Å². The minimum absolute atomic E-state index is 0.647. The molecule has 0 aliphatic heterocycles. The van der Waals surface area contributed by atoms with Gasteiger partial charge in [-0.1, -0.05) is 24.3 Å². The maximum atomic E-state index is 12.9. The number of aromatic nitrogens is 4. The predicted molar refractivity (Wildman–Crippen MR) is 156 cm³/mol. The van der Waals surface area contributed by atoms with Gasteiger partial charge in [0.25, 0.3) is 0 Å². The molecule has 0 aliphatic rings. The van der Waals surface area contributed by atoms with E-state index in [0.717, 1.165) is 54.5 Å². The first kappa shape index (κ1) is 27.1. The molecular formula is C28H12F6N4S4. The molecule has 0 saturated heterocycles. The first-order valence-corrected chi connectivity index (χ1v) is 15.3. The monoisotopic (exact) mass is 646 g/mol. The zero-order valence-corrected chi connectivity index (χ0v) is 23.9. The summed E-state index contributed by atoms with van der Waals surface area (Å²) in [6, 6.07) is 13.9. The molecule has 0 aliphatic carbocycles. The van der Waals surface area contributed by atoms with Crippen LogP contribution in [-0.2, 0) is 12.4 Å². The van der Waals surface area contributed by atoms with Crippen LogP contribution in [0.25, 0.3) is 61.3 Å². The van der Waals surface area contributed by atoms with E-state index in [4.69, 9.17) is 9.97 Å². The quantitative estimate of drug-likeness (QED) is 0.179. The second kappa shape index (κ2) is 9.93. The van der Waals surface area contributed by atoms with E-state index in [1.807, 2.05) is 12.1 Å². The summed E-state index contributed by atoms with van der Waals surface area (Å²) in [7, 11) is 0. The lowest BCUT2D eigenvalue weighted by atomic mass is 10.1. The van der Waals surface area contributed by atoms with Crippen LogP contribution in [0.5, 0.6) is 0 Å². The minimum Gasteiger partial charge on any atom is -0.241 e. The molecule has 0 saturated carbocycles. The third-order valence-electron chi connectivity index (χ3n) is 6.27. The van der Waals surface area contributed by atoms with Crippen molar-refractivity contribution in [2.45, 2.75) is 12.4 Å². The van der Waals surface area contributed by atoms with Crippen LogP contribution in [0, 0.1) is 0 Å². The minimum atomic E-state index is -4.39. The molecule has 3 aromatic carbocycles. The van der Waals surface area contributed by atoms with Crippen molar-refractivity contribution < 1.29 is 26.3 Å². The highest BCUT2D eigenvalue weighted by atomic mass is 32.1. The van der Waals surface area contributed by atoms with Crippen LogP contribution in [-0.4, -0.2) is 19.9 Å². The number of rotatable bonds is 4. The van der Waals surface area contributed by atoms with Crippen LogP contribution >= 0.6 is 45.3 Å². The van der Waals surface area contributed by atoms with Gasteiger partial charge in [-0.2, -0.15) is 26.3 Å². The van der Waals surface area contributed by atoms with Crippen molar-refractivity contribution in [1.82, 2.24) is 19.9 Å². The van der Waals surface area contributed by atoms with E-state index in [0.29, 0.717) is 31.2 Å². The first-order chi connectivity index (χ1) is 20.0. The Balaban J connectivity index is 1.14. The van der Waals surface area contributed by atoms with E-state index in [1.165, 1.54) is 69.6 Å². The van der Waals surface area contributed by atoms with E-state index in [1.54, 1.807) is 12.4 Å². The van der Waals surface area contributed by atoms with Gasteiger partial charge in [-0.3, -0.25) is 0 Å². The van der Waals surface area contributed by atoms with E-state index >= 15 is 0 Å². The van der Waals surface area contributed by atoms with E-state index in [-0.39, 0.29) is 0 Å². The number of benzene rings is 3. The third kappa shape index (κ3) is 5.08. The van der Waals surface area contributed by atoms with Gasteiger partial charge in [0.1, 0.15) is 0 Å². The van der Waals surface area contributed by atoms with Crippen molar-refractivity contribution in [2.75, 3.05) is 0 Å². The summed E-state index contributed by atoms with van der Waals surface area (Å²) in [5, 5.41) is 2.74. The molecule has 0 bridgehead atoms. The first-order valence-electron chi connectivity index (χ1n) is 12.0. The predicted octanol–water partition coefficient (Wildman–Crippen LogP) is 10.5. The van der Waals surface area contributed by atoms with Gasteiger partial charge in [0, 0.05) is 12.4 Å². The van der Waals surface area contributed by atoms with Gasteiger partial charge in [0.05, 0.1) is 41.3 Å². The summed E-state index contributed by atoms with van der Waals surface area (Å²) in [5.41, 5.74) is 1.44. The number of thiazole rings is 4. The average molecular weight is 647 g/mol. The van der Waals surface area contributed by atoms with E-state index < -0.39 is 23.5 Å². The molecule has 4 nitrogen and oxygen atoms in total. The van der Waals surface area contributed by atoms with Gasteiger partial charge >= 0.3 is 12.4 Å². The molecule has 0 fully saturated rings. The highest BCUT2D eigenvalue weighted by Gasteiger charge is 2.31. The summed E-state index contributed by atoms with van der Waals surface area (Å²) in [5.74, 6) is 0. The van der Waals surface area contributed by atoms with Gasteiger partial charge in [-0.15, -0.1) is 45.3 Å². The maximum Gasteiger partial charge on any atom is 0.416 e. The standard InChI is InChI=1S/C28H12F6N4S4/c29-27(30,31)15-5-1-13(2-6-15)21-11-35-23(41-21)25-37-17-9-20-18(10-19(17)39-25)38-26(40-20)24-36-12-22(42-24)14-3-7-16(8-4-14)28(32,33)34/h1-12H. The Morgan fingerprint density at radius 2 is 0.857 bits per heavy atom. The van der Waals surface area contributed by atoms with Crippen LogP contribution in [0.3, 0.4) is 0 Å². The molecule has 0 radical (unpaired) electrons. The number of nitrogens with zero attached hydrogens (tertiary/aromatic N) is 4. The smallest absolute Gasteiger partial charge is 0.241 e. The molecule has 210 valence electrons. The van der Waals surface area contributed by atoms with Crippen molar-refractivity contribution in [3.8, 4) is 40.9 Å². The topological polar surface area (TPSA) is 51.6 Å². The Hall–Kier alpha value is -3.72. The highest BCUT2D eigenvalue weighted by molar-refractivity contribution is 7.27. The van der Waals surface area contributed by atoms with E-state index in [9.17, 15) is 26.3 Å². The van der Waals surface area contributed by atoms with Crippen molar-refractivity contribution in [1.29, 1.82) is 0 Å². The van der Waals surface area contributed by atoms with Crippen LogP contribution in [0.15, 0.2) is 73.1 Å². The Morgan fingerprint density at radius 1 is 0.476 bits per heavy atom. The van der Waals surface area contributed by atoms with Crippen LogP contribution in [0.1, 0.15) is 11.1 Å². The normalized spacial score (nSPS) is 12.5. The Bertz CT molecular complexity index is 1870. The third-order valence-corrected chi connectivity index (χ3v) is 10.7. The highest BCUT2D eigenvalue weighted by Crippen LogP contribution is 2.41. The molecule has 4 heterocycles. The Morgan fingerprint density at radius 3 is 1.21 bits per heavy atom. The molecule has 4 aromatic heterocycles. The molecule has 0 amide bonds. The molecule has 0 spiro atoms. The fourth-order valence-electron chi connectivity index (χ4n) is 4.19.